The molecule has 1 N–H and O–H groups in total. The summed E-state index contributed by atoms with van der Waals surface area (Å²) in [5, 5.41) is 3.63. The third kappa shape index (κ3) is 4.51. The van der Waals surface area contributed by atoms with Crippen molar-refractivity contribution in [1.29, 1.82) is 0 Å². The van der Waals surface area contributed by atoms with Gasteiger partial charge in [-0.15, -0.1) is 0 Å². The van der Waals surface area contributed by atoms with Gasteiger partial charge in [0, 0.05) is 18.2 Å². The van der Waals surface area contributed by atoms with Crippen LogP contribution in [-0.4, -0.2) is 39.2 Å². The first-order valence-corrected chi connectivity index (χ1v) is 7.02. The molecule has 1 rings (SSSR count). The van der Waals surface area contributed by atoms with Crippen molar-refractivity contribution in [2.75, 3.05) is 34.3 Å². The van der Waals surface area contributed by atoms with Crippen LogP contribution in [0, 0.1) is 13.8 Å². The maximum atomic E-state index is 5.59. The van der Waals surface area contributed by atoms with Crippen molar-refractivity contribution in [3.63, 3.8) is 0 Å². The molecule has 0 aromatic heterocycles. The van der Waals surface area contributed by atoms with E-state index < -0.39 is 0 Å². The lowest BCUT2D eigenvalue weighted by Crippen LogP contribution is -2.32. The second-order valence-electron chi connectivity index (χ2n) is 5.47. The topological polar surface area (TPSA) is 24.5 Å². The molecule has 1 aromatic carbocycles. The van der Waals surface area contributed by atoms with Gasteiger partial charge in [0.2, 0.25) is 0 Å². The molecule has 0 heterocycles. The predicted octanol–water partition coefficient (Wildman–Crippen LogP) is 2.91. The normalized spacial score (nSPS) is 12.8. The van der Waals surface area contributed by atoms with E-state index in [1.807, 2.05) is 0 Å². The molecule has 3 nitrogen and oxygen atoms in total. The van der Waals surface area contributed by atoms with Crippen molar-refractivity contribution in [2.24, 2.45) is 0 Å². The Morgan fingerprint density at radius 1 is 1.26 bits per heavy atom. The molecule has 0 bridgehead atoms. The average Bonchev–Trinajstić information content (AvgIpc) is 2.33. The molecule has 3 heteroatoms. The van der Waals surface area contributed by atoms with E-state index in [0.717, 1.165) is 25.3 Å². The van der Waals surface area contributed by atoms with Crippen LogP contribution in [0.2, 0.25) is 0 Å². The van der Waals surface area contributed by atoms with Gasteiger partial charge < -0.3 is 15.0 Å². The predicted molar refractivity (Wildman–Crippen MR) is 82.1 cm³/mol. The summed E-state index contributed by atoms with van der Waals surface area (Å²) in [6.45, 7) is 8.47. The summed E-state index contributed by atoms with van der Waals surface area (Å²) >= 11 is 0. The van der Waals surface area contributed by atoms with Crippen molar-refractivity contribution < 1.29 is 4.74 Å². The molecule has 19 heavy (non-hydrogen) atoms. The summed E-state index contributed by atoms with van der Waals surface area (Å²) in [7, 11) is 5.97. The second kappa shape index (κ2) is 7.51. The SMILES string of the molecule is CCCNC(CN(C)C)c1c(C)cc(C)cc1OC. The van der Waals surface area contributed by atoms with Gasteiger partial charge in [0.05, 0.1) is 7.11 Å². The van der Waals surface area contributed by atoms with Gasteiger partial charge in [0.15, 0.2) is 0 Å². The maximum absolute atomic E-state index is 5.59. The Labute approximate surface area is 118 Å². The van der Waals surface area contributed by atoms with Crippen LogP contribution in [0.3, 0.4) is 0 Å². The van der Waals surface area contributed by atoms with Crippen molar-refractivity contribution in [1.82, 2.24) is 10.2 Å². The van der Waals surface area contributed by atoms with E-state index in [1.54, 1.807) is 7.11 Å². The number of ether oxygens (including phenoxy) is 1. The molecule has 0 saturated carbocycles. The van der Waals surface area contributed by atoms with Gasteiger partial charge >= 0.3 is 0 Å². The van der Waals surface area contributed by atoms with Crippen LogP contribution in [-0.2, 0) is 0 Å². The molecular weight excluding hydrogens is 236 g/mol. The zero-order valence-electron chi connectivity index (χ0n) is 13.2. The first-order chi connectivity index (χ1) is 8.99. The molecule has 1 unspecified atom stereocenters. The van der Waals surface area contributed by atoms with Crippen molar-refractivity contribution >= 4 is 0 Å². The number of hydrogen-bond acceptors (Lipinski definition) is 3. The molecule has 1 aromatic rings. The largest absolute Gasteiger partial charge is 0.496 e. The van der Waals surface area contributed by atoms with E-state index >= 15 is 0 Å². The molecule has 0 spiro atoms. The van der Waals surface area contributed by atoms with Gasteiger partial charge in [0.1, 0.15) is 5.75 Å². The van der Waals surface area contributed by atoms with E-state index in [-0.39, 0.29) is 0 Å². The highest BCUT2D eigenvalue weighted by molar-refractivity contribution is 5.45. The Bertz CT molecular complexity index is 402. The standard InChI is InChI=1S/C16H28N2O/c1-7-8-17-14(11-18(4)5)16-13(3)9-12(2)10-15(16)19-6/h9-10,14,17H,7-8,11H2,1-6H3. The van der Waals surface area contributed by atoms with Crippen LogP contribution in [0.5, 0.6) is 5.75 Å². The molecular formula is C16H28N2O. The minimum atomic E-state index is 0.311. The molecule has 0 fully saturated rings. The first kappa shape index (κ1) is 16.0. The fraction of sp³-hybridized carbons (Fsp3) is 0.625. The van der Waals surface area contributed by atoms with Gasteiger partial charge in [0.25, 0.3) is 0 Å². The zero-order chi connectivity index (χ0) is 14.4. The Kier molecular flexibility index (Phi) is 6.32. The molecule has 0 aliphatic carbocycles. The summed E-state index contributed by atoms with van der Waals surface area (Å²) < 4.78 is 5.59. The summed E-state index contributed by atoms with van der Waals surface area (Å²) in [6.07, 6.45) is 1.14. The van der Waals surface area contributed by atoms with Crippen LogP contribution < -0.4 is 10.1 Å². The number of benzene rings is 1. The minimum Gasteiger partial charge on any atom is -0.496 e. The molecule has 0 saturated heterocycles. The van der Waals surface area contributed by atoms with Gasteiger partial charge in [-0.05, 0) is 58.1 Å². The highest BCUT2D eigenvalue weighted by Crippen LogP contribution is 2.30. The number of nitrogens with zero attached hydrogens (tertiary/aromatic N) is 1. The quantitative estimate of drug-likeness (QED) is 0.819. The van der Waals surface area contributed by atoms with Gasteiger partial charge in [-0.1, -0.05) is 13.0 Å². The number of aryl methyl sites for hydroxylation is 2. The van der Waals surface area contributed by atoms with Crippen LogP contribution in [0.4, 0.5) is 0 Å². The van der Waals surface area contributed by atoms with E-state index in [1.165, 1.54) is 16.7 Å². The number of likely N-dealkylation sites (N-methyl/N-ethyl adjacent to an activating group) is 1. The Balaban J connectivity index is 3.12. The van der Waals surface area contributed by atoms with Gasteiger partial charge in [-0.3, -0.25) is 0 Å². The minimum absolute atomic E-state index is 0.311. The van der Waals surface area contributed by atoms with Crippen molar-refractivity contribution in [3.8, 4) is 5.75 Å². The van der Waals surface area contributed by atoms with E-state index in [2.05, 4.69) is 57.2 Å². The summed E-state index contributed by atoms with van der Waals surface area (Å²) in [6, 6.07) is 4.66. The number of hydrogen-bond donors (Lipinski definition) is 1. The maximum Gasteiger partial charge on any atom is 0.124 e. The van der Waals surface area contributed by atoms with Crippen LogP contribution >= 0.6 is 0 Å². The zero-order valence-corrected chi connectivity index (χ0v) is 13.2. The lowest BCUT2D eigenvalue weighted by atomic mass is 9.97. The van der Waals surface area contributed by atoms with Crippen molar-refractivity contribution in [2.45, 2.75) is 33.2 Å². The smallest absolute Gasteiger partial charge is 0.124 e. The van der Waals surface area contributed by atoms with E-state index in [0.29, 0.717) is 6.04 Å². The lowest BCUT2D eigenvalue weighted by Gasteiger charge is -2.26. The molecule has 0 amide bonds. The average molecular weight is 264 g/mol. The Morgan fingerprint density at radius 2 is 1.95 bits per heavy atom. The van der Waals surface area contributed by atoms with Crippen LogP contribution in [0.15, 0.2) is 12.1 Å². The van der Waals surface area contributed by atoms with Gasteiger partial charge in [-0.25, -0.2) is 0 Å². The number of nitrogens with one attached hydrogen (secondary N) is 1. The molecule has 0 aliphatic rings. The monoisotopic (exact) mass is 264 g/mol. The molecule has 0 radical (unpaired) electrons. The number of methoxy groups -OCH3 is 1. The third-order valence-corrected chi connectivity index (χ3v) is 3.25. The van der Waals surface area contributed by atoms with Crippen LogP contribution in [0.25, 0.3) is 0 Å². The fourth-order valence-electron chi connectivity index (χ4n) is 2.50. The summed E-state index contributed by atoms with van der Waals surface area (Å²) in [5.74, 6) is 0.993. The molecule has 1 atom stereocenters. The molecule has 0 aliphatic heterocycles. The first-order valence-electron chi connectivity index (χ1n) is 7.02. The highest BCUT2D eigenvalue weighted by atomic mass is 16.5. The van der Waals surface area contributed by atoms with Gasteiger partial charge in [-0.2, -0.15) is 0 Å². The second-order valence-corrected chi connectivity index (χ2v) is 5.47. The molecule has 108 valence electrons. The third-order valence-electron chi connectivity index (χ3n) is 3.25. The Morgan fingerprint density at radius 3 is 2.47 bits per heavy atom. The highest BCUT2D eigenvalue weighted by Gasteiger charge is 2.19. The van der Waals surface area contributed by atoms with E-state index in [9.17, 15) is 0 Å². The van der Waals surface area contributed by atoms with Crippen LogP contribution in [0.1, 0.15) is 36.1 Å². The summed E-state index contributed by atoms with van der Waals surface area (Å²) in [4.78, 5) is 2.21. The van der Waals surface area contributed by atoms with E-state index in [4.69, 9.17) is 4.74 Å². The van der Waals surface area contributed by atoms with Crippen molar-refractivity contribution in [3.05, 3.63) is 28.8 Å². The Hall–Kier alpha value is -1.06. The fourth-order valence-corrected chi connectivity index (χ4v) is 2.50. The lowest BCUT2D eigenvalue weighted by molar-refractivity contribution is 0.330. The summed E-state index contributed by atoms with van der Waals surface area (Å²) in [5.41, 5.74) is 3.83. The number of rotatable bonds is 7.